The van der Waals surface area contributed by atoms with Gasteiger partial charge in [-0.1, -0.05) is 6.92 Å². The van der Waals surface area contributed by atoms with Crippen LogP contribution in [-0.2, 0) is 0 Å². The Morgan fingerprint density at radius 3 is 3.00 bits per heavy atom. The van der Waals surface area contributed by atoms with Crippen molar-refractivity contribution in [3.8, 4) is 0 Å². The van der Waals surface area contributed by atoms with Crippen molar-refractivity contribution in [2.75, 3.05) is 18.1 Å². The van der Waals surface area contributed by atoms with E-state index in [0.29, 0.717) is 12.6 Å². The number of nitrogens with zero attached hydrogens (tertiary/aromatic N) is 3. The molecule has 0 aliphatic heterocycles. The van der Waals surface area contributed by atoms with Crippen molar-refractivity contribution in [3.05, 3.63) is 17.8 Å². The van der Waals surface area contributed by atoms with E-state index in [9.17, 15) is 5.11 Å². The van der Waals surface area contributed by atoms with Gasteiger partial charge in [0.1, 0.15) is 12.1 Å². The summed E-state index contributed by atoms with van der Waals surface area (Å²) in [5.41, 5.74) is 0.978. The summed E-state index contributed by atoms with van der Waals surface area (Å²) in [4.78, 5) is 10.8. The number of rotatable bonds is 5. The molecule has 0 saturated carbocycles. The maximum atomic E-state index is 9.18. The van der Waals surface area contributed by atoms with Crippen LogP contribution in [0.4, 0.5) is 5.82 Å². The lowest BCUT2D eigenvalue weighted by atomic mass is 10.2. The molecule has 2 rings (SSSR count). The number of thiophene rings is 1. The summed E-state index contributed by atoms with van der Waals surface area (Å²) in [7, 11) is 0. The molecule has 0 aliphatic rings. The van der Waals surface area contributed by atoms with E-state index in [1.165, 1.54) is 0 Å². The number of hydrogen-bond donors (Lipinski definition) is 1. The Hall–Kier alpha value is -1.20. The van der Waals surface area contributed by atoms with Crippen LogP contribution in [0.25, 0.3) is 10.2 Å². The molecule has 2 aromatic heterocycles. The highest BCUT2D eigenvalue weighted by atomic mass is 32.1. The van der Waals surface area contributed by atoms with E-state index in [4.69, 9.17) is 0 Å². The van der Waals surface area contributed by atoms with Gasteiger partial charge in [0.25, 0.3) is 0 Å². The number of anilines is 1. The molecule has 0 aliphatic carbocycles. The van der Waals surface area contributed by atoms with Crippen molar-refractivity contribution < 1.29 is 5.11 Å². The van der Waals surface area contributed by atoms with Crippen molar-refractivity contribution in [3.63, 3.8) is 0 Å². The van der Waals surface area contributed by atoms with Crippen LogP contribution in [0.1, 0.15) is 20.3 Å². The van der Waals surface area contributed by atoms with Gasteiger partial charge in [-0.05, 0) is 24.8 Å². The topological polar surface area (TPSA) is 49.2 Å². The Bertz CT molecular complexity index is 485. The summed E-state index contributed by atoms with van der Waals surface area (Å²) in [5, 5.41) is 11.2. The highest BCUT2D eigenvalue weighted by Crippen LogP contribution is 2.29. The van der Waals surface area contributed by atoms with E-state index >= 15 is 0 Å². The predicted molar refractivity (Wildman–Crippen MR) is 71.6 cm³/mol. The molecule has 5 heteroatoms. The highest BCUT2D eigenvalue weighted by molar-refractivity contribution is 7.17. The van der Waals surface area contributed by atoms with E-state index in [-0.39, 0.29) is 6.61 Å². The van der Waals surface area contributed by atoms with E-state index in [1.807, 2.05) is 11.4 Å². The normalized spacial score (nSPS) is 12.9. The Kier molecular flexibility index (Phi) is 3.91. The molecule has 2 heterocycles. The van der Waals surface area contributed by atoms with E-state index in [0.717, 1.165) is 22.5 Å². The molecule has 1 atom stereocenters. The molecule has 0 saturated heterocycles. The summed E-state index contributed by atoms with van der Waals surface area (Å²) in [6.45, 7) is 5.04. The maximum Gasteiger partial charge on any atom is 0.150 e. The van der Waals surface area contributed by atoms with Crippen LogP contribution in [0, 0.1) is 0 Å². The van der Waals surface area contributed by atoms with Gasteiger partial charge in [0, 0.05) is 12.6 Å². The van der Waals surface area contributed by atoms with Gasteiger partial charge in [0.2, 0.25) is 0 Å². The zero-order valence-corrected chi connectivity index (χ0v) is 10.9. The van der Waals surface area contributed by atoms with Crippen molar-refractivity contribution >= 4 is 27.4 Å². The van der Waals surface area contributed by atoms with Gasteiger partial charge in [-0.15, -0.1) is 11.3 Å². The number of aliphatic hydroxyl groups excluding tert-OH is 1. The van der Waals surface area contributed by atoms with Crippen molar-refractivity contribution in [2.45, 2.75) is 26.3 Å². The molecule has 0 spiro atoms. The number of aromatic nitrogens is 2. The molecule has 0 bridgehead atoms. The molecular formula is C12H17N3OS. The van der Waals surface area contributed by atoms with Gasteiger partial charge in [-0.3, -0.25) is 0 Å². The number of hydrogen-bond acceptors (Lipinski definition) is 5. The molecule has 0 radical (unpaired) electrons. The van der Waals surface area contributed by atoms with E-state index in [1.54, 1.807) is 17.7 Å². The predicted octanol–water partition coefficient (Wildman–Crippen LogP) is 2.29. The minimum Gasteiger partial charge on any atom is -0.395 e. The minimum absolute atomic E-state index is 0.140. The molecule has 17 heavy (non-hydrogen) atoms. The molecule has 0 amide bonds. The highest BCUT2D eigenvalue weighted by Gasteiger charge is 2.17. The lowest BCUT2D eigenvalue weighted by molar-refractivity contribution is 0.297. The van der Waals surface area contributed by atoms with Crippen LogP contribution in [0.3, 0.4) is 0 Å². The van der Waals surface area contributed by atoms with Gasteiger partial charge >= 0.3 is 0 Å². The van der Waals surface area contributed by atoms with Gasteiger partial charge < -0.3 is 10.0 Å². The molecule has 0 fully saturated rings. The summed E-state index contributed by atoms with van der Waals surface area (Å²) in [6, 6.07) is 2.36. The fourth-order valence-corrected chi connectivity index (χ4v) is 2.69. The fourth-order valence-electron chi connectivity index (χ4n) is 1.84. The van der Waals surface area contributed by atoms with Crippen LogP contribution in [-0.4, -0.2) is 34.3 Å². The summed E-state index contributed by atoms with van der Waals surface area (Å²) >= 11 is 1.65. The van der Waals surface area contributed by atoms with Gasteiger partial charge in [0.15, 0.2) is 0 Å². The SMILES string of the molecule is CC[C@H](C)N(CCO)c1ncnc2ccsc12. The van der Waals surface area contributed by atoms with Crippen LogP contribution in [0.15, 0.2) is 17.8 Å². The zero-order chi connectivity index (χ0) is 12.3. The largest absolute Gasteiger partial charge is 0.395 e. The standard InChI is InChI=1S/C12H17N3OS/c1-3-9(2)15(5-6-16)12-11-10(4-7-17-11)13-8-14-12/h4,7-9,16H,3,5-6H2,1-2H3/t9-/m0/s1. The van der Waals surface area contributed by atoms with Crippen LogP contribution < -0.4 is 4.90 Å². The second-order valence-electron chi connectivity index (χ2n) is 4.01. The minimum atomic E-state index is 0.140. The Morgan fingerprint density at radius 1 is 1.47 bits per heavy atom. The zero-order valence-electron chi connectivity index (χ0n) is 10.1. The van der Waals surface area contributed by atoms with Gasteiger partial charge in [-0.2, -0.15) is 0 Å². The first-order valence-corrected chi connectivity index (χ1v) is 6.71. The fraction of sp³-hybridized carbons (Fsp3) is 0.500. The van der Waals surface area contributed by atoms with Crippen LogP contribution in [0.5, 0.6) is 0 Å². The van der Waals surface area contributed by atoms with Gasteiger partial charge in [0.05, 0.1) is 16.8 Å². The van der Waals surface area contributed by atoms with Crippen molar-refractivity contribution in [1.29, 1.82) is 0 Å². The summed E-state index contributed by atoms with van der Waals surface area (Å²) < 4.78 is 1.10. The van der Waals surface area contributed by atoms with Gasteiger partial charge in [-0.25, -0.2) is 9.97 Å². The smallest absolute Gasteiger partial charge is 0.150 e. The first-order valence-electron chi connectivity index (χ1n) is 5.83. The second-order valence-corrected chi connectivity index (χ2v) is 4.92. The average Bonchev–Trinajstić information content (AvgIpc) is 2.83. The summed E-state index contributed by atoms with van der Waals surface area (Å²) in [5.74, 6) is 0.938. The van der Waals surface area contributed by atoms with E-state index < -0.39 is 0 Å². The van der Waals surface area contributed by atoms with Crippen molar-refractivity contribution in [1.82, 2.24) is 9.97 Å². The molecular weight excluding hydrogens is 234 g/mol. The Morgan fingerprint density at radius 2 is 2.29 bits per heavy atom. The Balaban J connectivity index is 2.44. The average molecular weight is 251 g/mol. The monoisotopic (exact) mass is 251 g/mol. The first-order chi connectivity index (χ1) is 8.27. The van der Waals surface area contributed by atoms with Crippen LogP contribution >= 0.6 is 11.3 Å². The lowest BCUT2D eigenvalue weighted by Crippen LogP contribution is -2.35. The van der Waals surface area contributed by atoms with Crippen molar-refractivity contribution in [2.24, 2.45) is 0 Å². The maximum absolute atomic E-state index is 9.18. The number of fused-ring (bicyclic) bond motifs is 1. The quantitative estimate of drug-likeness (QED) is 0.885. The molecule has 1 N–H and O–H groups in total. The molecule has 2 aromatic rings. The third-order valence-electron chi connectivity index (χ3n) is 2.96. The Labute approximate surface area is 105 Å². The molecule has 0 unspecified atom stereocenters. The number of aliphatic hydroxyl groups is 1. The third-order valence-corrected chi connectivity index (χ3v) is 3.86. The molecule has 92 valence electrons. The third kappa shape index (κ3) is 2.40. The van der Waals surface area contributed by atoms with Crippen LogP contribution in [0.2, 0.25) is 0 Å². The lowest BCUT2D eigenvalue weighted by Gasteiger charge is -2.29. The second kappa shape index (κ2) is 5.42. The molecule has 4 nitrogen and oxygen atoms in total. The first kappa shape index (κ1) is 12.3. The molecule has 0 aromatic carbocycles. The summed E-state index contributed by atoms with van der Waals surface area (Å²) in [6.07, 6.45) is 2.62. The van der Waals surface area contributed by atoms with E-state index in [2.05, 4.69) is 28.7 Å².